The molecule has 29 heavy (non-hydrogen) atoms. The quantitative estimate of drug-likeness (QED) is 0.776. The van der Waals surface area contributed by atoms with E-state index in [9.17, 15) is 13.2 Å². The Hall–Kier alpha value is -2.60. The van der Waals surface area contributed by atoms with Crippen molar-refractivity contribution >= 4 is 21.6 Å². The molecule has 1 saturated heterocycles. The second-order valence-electron chi connectivity index (χ2n) is 7.49. The van der Waals surface area contributed by atoms with Crippen LogP contribution in [0.4, 0.5) is 4.79 Å². The first-order chi connectivity index (χ1) is 13.9. The number of allylic oxidation sites excluding steroid dienone is 1. The third-order valence-electron chi connectivity index (χ3n) is 5.38. The molecule has 1 fully saturated rings. The summed E-state index contributed by atoms with van der Waals surface area (Å²) in [7, 11) is -3.87. The van der Waals surface area contributed by atoms with Crippen molar-refractivity contribution in [2.24, 2.45) is 0 Å². The van der Waals surface area contributed by atoms with E-state index in [1.165, 1.54) is 11.0 Å². The standard InChI is InChI=1S/C23H28N2O3S/c1-3-19(21-11-9-18(2)10-12-21)17-29(27,28)24-23(26)25-15-13-22(14-16-25)20-7-5-4-6-8-20/h4-12,17,22H,3,13-16H2,1-2H3,(H,24,26)/b19-17-. The third kappa shape index (κ3) is 5.70. The Labute approximate surface area is 173 Å². The number of piperidine rings is 1. The van der Waals surface area contributed by atoms with Gasteiger partial charge in [-0.1, -0.05) is 67.1 Å². The van der Waals surface area contributed by atoms with E-state index in [1.54, 1.807) is 4.90 Å². The first-order valence-electron chi connectivity index (χ1n) is 10.0. The molecule has 0 bridgehead atoms. The van der Waals surface area contributed by atoms with E-state index in [2.05, 4.69) is 16.9 Å². The monoisotopic (exact) mass is 412 g/mol. The van der Waals surface area contributed by atoms with Gasteiger partial charge in [0.1, 0.15) is 0 Å². The number of amides is 2. The van der Waals surface area contributed by atoms with Crippen molar-refractivity contribution in [2.45, 2.75) is 39.0 Å². The molecule has 0 spiro atoms. The molecule has 1 heterocycles. The maximum atomic E-state index is 12.5. The van der Waals surface area contributed by atoms with Crippen LogP contribution in [0.1, 0.15) is 48.8 Å². The van der Waals surface area contributed by atoms with E-state index in [4.69, 9.17) is 0 Å². The van der Waals surface area contributed by atoms with Crippen LogP contribution in [-0.4, -0.2) is 32.4 Å². The van der Waals surface area contributed by atoms with Crippen LogP contribution in [0.3, 0.4) is 0 Å². The summed E-state index contributed by atoms with van der Waals surface area (Å²) in [6, 6.07) is 17.4. The van der Waals surface area contributed by atoms with Crippen LogP contribution < -0.4 is 4.72 Å². The molecule has 3 rings (SSSR count). The summed E-state index contributed by atoms with van der Waals surface area (Å²) in [5.74, 6) is 0.407. The van der Waals surface area contributed by atoms with Crippen molar-refractivity contribution in [3.63, 3.8) is 0 Å². The van der Waals surface area contributed by atoms with Gasteiger partial charge in [0.2, 0.25) is 0 Å². The predicted molar refractivity (Wildman–Crippen MR) is 117 cm³/mol. The fraction of sp³-hybridized carbons (Fsp3) is 0.348. The largest absolute Gasteiger partial charge is 0.331 e. The van der Waals surface area contributed by atoms with Gasteiger partial charge < -0.3 is 4.90 Å². The smallest absolute Gasteiger partial charge is 0.324 e. The first kappa shape index (κ1) is 21.1. The zero-order valence-electron chi connectivity index (χ0n) is 17.0. The summed E-state index contributed by atoms with van der Waals surface area (Å²) in [5, 5.41) is 1.17. The molecular formula is C23H28N2O3S. The summed E-state index contributed by atoms with van der Waals surface area (Å²) in [5.41, 5.74) is 3.90. The highest BCUT2D eigenvalue weighted by Crippen LogP contribution is 2.27. The topological polar surface area (TPSA) is 66.5 Å². The Morgan fingerprint density at radius 1 is 1.07 bits per heavy atom. The number of hydrogen-bond acceptors (Lipinski definition) is 3. The van der Waals surface area contributed by atoms with Gasteiger partial charge in [-0.15, -0.1) is 0 Å². The van der Waals surface area contributed by atoms with E-state index in [0.29, 0.717) is 31.0 Å². The van der Waals surface area contributed by atoms with Gasteiger partial charge in [-0.05, 0) is 48.8 Å². The number of nitrogens with one attached hydrogen (secondary N) is 1. The van der Waals surface area contributed by atoms with Gasteiger partial charge >= 0.3 is 6.03 Å². The van der Waals surface area contributed by atoms with Crippen molar-refractivity contribution < 1.29 is 13.2 Å². The number of benzene rings is 2. The Balaban J connectivity index is 1.62. The molecule has 1 N–H and O–H groups in total. The summed E-state index contributed by atoms with van der Waals surface area (Å²) >= 11 is 0. The number of sulfonamides is 1. The minimum Gasteiger partial charge on any atom is -0.324 e. The van der Waals surface area contributed by atoms with E-state index in [-0.39, 0.29) is 0 Å². The summed E-state index contributed by atoms with van der Waals surface area (Å²) in [4.78, 5) is 14.1. The maximum Gasteiger partial charge on any atom is 0.331 e. The van der Waals surface area contributed by atoms with Crippen LogP contribution >= 0.6 is 0 Å². The van der Waals surface area contributed by atoms with Gasteiger partial charge in [-0.3, -0.25) is 0 Å². The molecule has 154 valence electrons. The van der Waals surface area contributed by atoms with Crippen molar-refractivity contribution in [1.82, 2.24) is 9.62 Å². The summed E-state index contributed by atoms with van der Waals surface area (Å²) < 4.78 is 27.3. The van der Waals surface area contributed by atoms with Crippen LogP contribution in [-0.2, 0) is 10.0 Å². The molecule has 1 aliphatic rings. The molecule has 0 aliphatic carbocycles. The molecule has 0 aromatic heterocycles. The first-order valence-corrected chi connectivity index (χ1v) is 11.6. The highest BCUT2D eigenvalue weighted by molar-refractivity contribution is 7.93. The third-order valence-corrected chi connectivity index (χ3v) is 6.44. The number of urea groups is 1. The van der Waals surface area contributed by atoms with Crippen LogP contribution in [0.2, 0.25) is 0 Å². The fourth-order valence-electron chi connectivity index (χ4n) is 3.67. The molecule has 2 amide bonds. The van der Waals surface area contributed by atoms with Crippen LogP contribution in [0.15, 0.2) is 60.0 Å². The SMILES string of the molecule is CC/C(=C/S(=O)(=O)NC(=O)N1CCC(c2ccccc2)CC1)c1ccc(C)cc1. The minimum atomic E-state index is -3.87. The van der Waals surface area contributed by atoms with Gasteiger partial charge in [0.05, 0.1) is 5.41 Å². The number of likely N-dealkylation sites (tertiary alicyclic amines) is 1. The molecule has 0 unspecified atom stereocenters. The lowest BCUT2D eigenvalue weighted by Crippen LogP contribution is -2.45. The Morgan fingerprint density at radius 3 is 2.28 bits per heavy atom. The molecule has 5 nitrogen and oxygen atoms in total. The van der Waals surface area contributed by atoms with Gasteiger partial charge in [0.15, 0.2) is 0 Å². The molecule has 1 aliphatic heterocycles. The average molecular weight is 413 g/mol. The Morgan fingerprint density at radius 2 is 1.69 bits per heavy atom. The molecule has 6 heteroatoms. The normalized spacial score (nSPS) is 15.9. The lowest BCUT2D eigenvalue weighted by molar-refractivity contribution is 0.187. The number of carbonyl (C=O) groups is 1. The van der Waals surface area contributed by atoms with E-state index >= 15 is 0 Å². The summed E-state index contributed by atoms with van der Waals surface area (Å²) in [6.07, 6.45) is 2.22. The Kier molecular flexibility index (Phi) is 6.75. The van der Waals surface area contributed by atoms with Crippen LogP contribution in [0.25, 0.3) is 5.57 Å². The molecule has 0 saturated carbocycles. The summed E-state index contributed by atoms with van der Waals surface area (Å²) in [6.45, 7) is 4.97. The Bertz CT molecular complexity index is 959. The maximum absolute atomic E-state index is 12.5. The van der Waals surface area contributed by atoms with Crippen molar-refractivity contribution in [2.75, 3.05) is 13.1 Å². The van der Waals surface area contributed by atoms with Crippen LogP contribution in [0.5, 0.6) is 0 Å². The second kappa shape index (κ2) is 9.27. The van der Waals surface area contributed by atoms with E-state index in [0.717, 1.165) is 24.0 Å². The highest BCUT2D eigenvalue weighted by Gasteiger charge is 2.25. The number of carbonyl (C=O) groups excluding carboxylic acids is 1. The molecule has 2 aromatic rings. The molecular weight excluding hydrogens is 384 g/mol. The van der Waals surface area contributed by atoms with Crippen molar-refractivity contribution in [3.8, 4) is 0 Å². The lowest BCUT2D eigenvalue weighted by atomic mass is 9.90. The number of nitrogens with zero attached hydrogens (tertiary/aromatic N) is 1. The molecule has 2 aromatic carbocycles. The molecule has 0 radical (unpaired) electrons. The van der Waals surface area contributed by atoms with Crippen molar-refractivity contribution in [1.29, 1.82) is 0 Å². The number of rotatable bonds is 5. The predicted octanol–water partition coefficient (Wildman–Crippen LogP) is 4.66. The van der Waals surface area contributed by atoms with E-state index < -0.39 is 16.1 Å². The van der Waals surface area contributed by atoms with Gasteiger partial charge in [-0.25, -0.2) is 17.9 Å². The van der Waals surface area contributed by atoms with Crippen LogP contribution in [0, 0.1) is 6.92 Å². The fourth-order valence-corrected chi connectivity index (χ4v) is 4.78. The zero-order chi connectivity index (χ0) is 20.9. The van der Waals surface area contributed by atoms with Gasteiger partial charge in [0.25, 0.3) is 10.0 Å². The van der Waals surface area contributed by atoms with E-state index in [1.807, 2.05) is 56.3 Å². The van der Waals surface area contributed by atoms with Crippen molar-refractivity contribution in [3.05, 3.63) is 76.7 Å². The minimum absolute atomic E-state index is 0.407. The highest BCUT2D eigenvalue weighted by atomic mass is 32.2. The average Bonchev–Trinajstić information content (AvgIpc) is 2.73. The molecule has 0 atom stereocenters. The lowest BCUT2D eigenvalue weighted by Gasteiger charge is -2.32. The van der Waals surface area contributed by atoms with Gasteiger partial charge in [0, 0.05) is 13.1 Å². The number of hydrogen-bond donors (Lipinski definition) is 1. The zero-order valence-corrected chi connectivity index (χ0v) is 17.8. The number of aryl methyl sites for hydroxylation is 1. The second-order valence-corrected chi connectivity index (χ2v) is 9.02. The van der Waals surface area contributed by atoms with Gasteiger partial charge in [-0.2, -0.15) is 0 Å².